The average Bonchev–Trinajstić information content (AvgIpc) is 2.72. The van der Waals surface area contributed by atoms with Gasteiger partial charge in [0.1, 0.15) is 6.17 Å². The quantitative estimate of drug-likeness (QED) is 0.668. The second kappa shape index (κ2) is 10.2. The van der Waals surface area contributed by atoms with Gasteiger partial charge >= 0.3 is 6.03 Å². The van der Waals surface area contributed by atoms with Crippen LogP contribution in [0.15, 0.2) is 0 Å². The van der Waals surface area contributed by atoms with Crippen molar-refractivity contribution in [3.63, 3.8) is 0 Å². The number of sulfonamides is 1. The Balaban J connectivity index is 1.35. The van der Waals surface area contributed by atoms with Gasteiger partial charge < -0.3 is 15.1 Å². The molecule has 0 aromatic rings. The van der Waals surface area contributed by atoms with Crippen LogP contribution in [-0.4, -0.2) is 92.3 Å². The molecule has 0 radical (unpaired) electrons. The van der Waals surface area contributed by atoms with Gasteiger partial charge in [0, 0.05) is 32.7 Å². The molecule has 0 unspecified atom stereocenters. The molecule has 2 saturated heterocycles. The molecule has 0 bridgehead atoms. The second-order valence-corrected chi connectivity index (χ2v) is 10.5. The molecule has 1 aliphatic carbocycles. The van der Waals surface area contributed by atoms with Crippen LogP contribution in [0.3, 0.4) is 0 Å². The number of hydrogen-bond acceptors (Lipinski definition) is 4. The van der Waals surface area contributed by atoms with Crippen LogP contribution in [0.25, 0.3) is 0 Å². The van der Waals surface area contributed by atoms with Crippen molar-refractivity contribution in [3.05, 3.63) is 0 Å². The fourth-order valence-corrected chi connectivity index (χ4v) is 6.43. The SMILES string of the molecule is O=C(NCCCN1CCCCC1)N1CCN(S(=O)(=O)C2CCC(F)CC2)CC1. The molecule has 162 valence electrons. The van der Waals surface area contributed by atoms with Crippen molar-refractivity contribution >= 4 is 16.1 Å². The van der Waals surface area contributed by atoms with Crippen molar-refractivity contribution in [2.45, 2.75) is 62.8 Å². The number of halogens is 1. The molecular weight excluding hydrogens is 383 g/mol. The molecule has 3 fully saturated rings. The summed E-state index contributed by atoms with van der Waals surface area (Å²) in [6, 6.07) is -0.103. The maximum absolute atomic E-state index is 13.3. The van der Waals surface area contributed by atoms with E-state index in [0.29, 0.717) is 58.4 Å². The molecule has 3 rings (SSSR count). The van der Waals surface area contributed by atoms with Gasteiger partial charge in [-0.1, -0.05) is 6.42 Å². The number of rotatable bonds is 6. The molecule has 1 N–H and O–H groups in total. The third-order valence-corrected chi connectivity index (χ3v) is 8.69. The Kier molecular flexibility index (Phi) is 7.93. The number of urea groups is 1. The van der Waals surface area contributed by atoms with Gasteiger partial charge in [-0.2, -0.15) is 4.31 Å². The number of nitrogens with one attached hydrogen (secondary N) is 1. The summed E-state index contributed by atoms with van der Waals surface area (Å²) in [4.78, 5) is 16.5. The van der Waals surface area contributed by atoms with E-state index in [1.807, 2.05) is 0 Å². The van der Waals surface area contributed by atoms with Crippen molar-refractivity contribution in [1.82, 2.24) is 19.4 Å². The van der Waals surface area contributed by atoms with Crippen LogP contribution in [0.5, 0.6) is 0 Å². The molecule has 0 atom stereocenters. The number of alkyl halides is 1. The summed E-state index contributed by atoms with van der Waals surface area (Å²) < 4.78 is 40.3. The standard InChI is InChI=1S/C19H35FN4O3S/c20-17-5-7-18(8-6-17)28(26,27)24-15-13-23(14-16-24)19(25)21-9-4-12-22-10-2-1-3-11-22/h17-18H,1-16H2,(H,21,25). The lowest BCUT2D eigenvalue weighted by molar-refractivity contribution is 0.169. The van der Waals surface area contributed by atoms with E-state index in [2.05, 4.69) is 10.2 Å². The lowest BCUT2D eigenvalue weighted by atomic mass is 9.99. The van der Waals surface area contributed by atoms with E-state index < -0.39 is 21.4 Å². The monoisotopic (exact) mass is 418 g/mol. The number of nitrogens with zero attached hydrogens (tertiary/aromatic N) is 3. The number of carbonyl (C=O) groups is 1. The van der Waals surface area contributed by atoms with E-state index in [9.17, 15) is 17.6 Å². The van der Waals surface area contributed by atoms with Crippen LogP contribution < -0.4 is 5.32 Å². The minimum atomic E-state index is -3.39. The maximum atomic E-state index is 13.3. The van der Waals surface area contributed by atoms with Crippen LogP contribution in [0, 0.1) is 0 Å². The fourth-order valence-electron chi connectivity index (χ4n) is 4.47. The van der Waals surface area contributed by atoms with E-state index in [-0.39, 0.29) is 6.03 Å². The molecule has 0 aromatic carbocycles. The van der Waals surface area contributed by atoms with Crippen molar-refractivity contribution < 1.29 is 17.6 Å². The predicted octanol–water partition coefficient (Wildman–Crippen LogP) is 1.80. The van der Waals surface area contributed by atoms with Gasteiger partial charge in [0.05, 0.1) is 5.25 Å². The van der Waals surface area contributed by atoms with Crippen LogP contribution in [0.1, 0.15) is 51.4 Å². The number of carbonyl (C=O) groups excluding carboxylic acids is 1. The molecule has 0 aromatic heterocycles. The third kappa shape index (κ3) is 5.79. The molecule has 1 saturated carbocycles. The minimum absolute atomic E-state index is 0.103. The highest BCUT2D eigenvalue weighted by atomic mass is 32.2. The zero-order valence-corrected chi connectivity index (χ0v) is 17.6. The summed E-state index contributed by atoms with van der Waals surface area (Å²) in [5.41, 5.74) is 0. The van der Waals surface area contributed by atoms with Gasteiger partial charge in [-0.05, 0) is 64.6 Å². The molecule has 0 spiro atoms. The third-order valence-electron chi connectivity index (χ3n) is 6.29. The largest absolute Gasteiger partial charge is 0.338 e. The Bertz CT molecular complexity index is 596. The Labute approximate surface area is 168 Å². The molecule has 2 heterocycles. The summed E-state index contributed by atoms with van der Waals surface area (Å²) in [5.74, 6) is 0. The summed E-state index contributed by atoms with van der Waals surface area (Å²) in [6.07, 6.45) is 5.44. The smallest absolute Gasteiger partial charge is 0.317 e. The van der Waals surface area contributed by atoms with Gasteiger partial charge in [-0.3, -0.25) is 0 Å². The Morgan fingerprint density at radius 2 is 1.57 bits per heavy atom. The Morgan fingerprint density at radius 1 is 0.929 bits per heavy atom. The van der Waals surface area contributed by atoms with Crippen LogP contribution in [0.4, 0.5) is 9.18 Å². The van der Waals surface area contributed by atoms with Gasteiger partial charge in [-0.15, -0.1) is 0 Å². The highest BCUT2D eigenvalue weighted by Gasteiger charge is 2.37. The molecule has 2 amide bonds. The van der Waals surface area contributed by atoms with Crippen molar-refractivity contribution in [2.75, 3.05) is 52.4 Å². The number of likely N-dealkylation sites (tertiary alicyclic amines) is 1. The number of hydrogen-bond donors (Lipinski definition) is 1. The lowest BCUT2D eigenvalue weighted by Crippen LogP contribution is -2.55. The van der Waals surface area contributed by atoms with E-state index in [4.69, 9.17) is 0 Å². The zero-order chi connectivity index (χ0) is 20.0. The summed E-state index contributed by atoms with van der Waals surface area (Å²) in [7, 11) is -3.39. The maximum Gasteiger partial charge on any atom is 0.317 e. The second-order valence-electron chi connectivity index (χ2n) is 8.29. The molecular formula is C19H35FN4O3S. The van der Waals surface area contributed by atoms with Crippen molar-refractivity contribution in [3.8, 4) is 0 Å². The molecule has 9 heteroatoms. The summed E-state index contributed by atoms with van der Waals surface area (Å²) in [5, 5.41) is 2.50. The topological polar surface area (TPSA) is 73.0 Å². The van der Waals surface area contributed by atoms with E-state index in [1.54, 1.807) is 4.90 Å². The number of piperazine rings is 1. The Hall–Kier alpha value is -0.930. The Morgan fingerprint density at radius 3 is 2.21 bits per heavy atom. The number of amides is 2. The minimum Gasteiger partial charge on any atom is -0.338 e. The first kappa shape index (κ1) is 21.8. The molecule has 7 nitrogen and oxygen atoms in total. The van der Waals surface area contributed by atoms with E-state index >= 15 is 0 Å². The first-order valence-electron chi connectivity index (χ1n) is 10.8. The summed E-state index contributed by atoms with van der Waals surface area (Å²) >= 11 is 0. The lowest BCUT2D eigenvalue weighted by Gasteiger charge is -2.37. The van der Waals surface area contributed by atoms with Gasteiger partial charge in [0.15, 0.2) is 0 Å². The highest BCUT2D eigenvalue weighted by molar-refractivity contribution is 7.89. The van der Waals surface area contributed by atoms with Crippen LogP contribution in [-0.2, 0) is 10.0 Å². The first-order valence-corrected chi connectivity index (χ1v) is 12.4. The van der Waals surface area contributed by atoms with Crippen LogP contribution >= 0.6 is 0 Å². The van der Waals surface area contributed by atoms with E-state index in [0.717, 1.165) is 26.1 Å². The first-order chi connectivity index (χ1) is 13.5. The van der Waals surface area contributed by atoms with Gasteiger partial charge in [-0.25, -0.2) is 17.6 Å². The van der Waals surface area contributed by atoms with Crippen LogP contribution in [0.2, 0.25) is 0 Å². The molecule has 3 aliphatic rings. The molecule has 2 aliphatic heterocycles. The zero-order valence-electron chi connectivity index (χ0n) is 16.8. The normalized spacial score (nSPS) is 28.2. The summed E-state index contributed by atoms with van der Waals surface area (Å²) in [6.45, 7) is 5.49. The molecule has 28 heavy (non-hydrogen) atoms. The van der Waals surface area contributed by atoms with Gasteiger partial charge in [0.2, 0.25) is 10.0 Å². The highest BCUT2D eigenvalue weighted by Crippen LogP contribution is 2.28. The van der Waals surface area contributed by atoms with Crippen molar-refractivity contribution in [2.24, 2.45) is 0 Å². The van der Waals surface area contributed by atoms with Gasteiger partial charge in [0.25, 0.3) is 0 Å². The predicted molar refractivity (Wildman–Crippen MR) is 108 cm³/mol. The number of piperidine rings is 1. The van der Waals surface area contributed by atoms with Crippen molar-refractivity contribution in [1.29, 1.82) is 0 Å². The van der Waals surface area contributed by atoms with E-state index in [1.165, 1.54) is 23.6 Å². The fraction of sp³-hybridized carbons (Fsp3) is 0.947. The average molecular weight is 419 g/mol.